The molecule has 0 bridgehead atoms. The van der Waals surface area contributed by atoms with Crippen molar-refractivity contribution in [3.8, 4) is 5.75 Å². The Bertz CT molecular complexity index is 1260. The molecule has 0 spiro atoms. The molecule has 0 saturated heterocycles. The van der Waals surface area contributed by atoms with Crippen LogP contribution in [0.2, 0.25) is 5.02 Å². The van der Waals surface area contributed by atoms with Crippen molar-refractivity contribution in [2.45, 2.75) is 13.2 Å². The van der Waals surface area contributed by atoms with Crippen LogP contribution in [0.1, 0.15) is 0 Å². The van der Waals surface area contributed by atoms with Crippen molar-refractivity contribution in [1.82, 2.24) is 9.78 Å². The third kappa shape index (κ3) is 5.45. The number of nitrogens with one attached hydrogen (secondary N) is 2. The number of ether oxygens (including phenoxy) is 2. The number of amides is 1. The lowest BCUT2D eigenvalue weighted by Crippen LogP contribution is -2.33. The molecular weight excluding hydrogens is 440 g/mol. The number of H-pyrrole nitrogens is 1. The molecule has 0 aliphatic carbocycles. The number of fused-ring (bicyclic) bond motifs is 1. The number of carbonyl (C=O) groups excluding carboxylic acids is 2. The van der Waals surface area contributed by atoms with Gasteiger partial charge in [0.1, 0.15) is 12.3 Å². The second kappa shape index (κ2) is 9.39. The second-order valence-corrected chi connectivity index (χ2v) is 6.52. The fraction of sp³-hybridized carbons (Fsp3) is 0.158. The third-order valence-electron chi connectivity index (χ3n) is 3.97. The zero-order chi connectivity index (χ0) is 22.5. The number of aromatic amines is 1. The molecule has 12 heteroatoms. The van der Waals surface area contributed by atoms with Gasteiger partial charge < -0.3 is 14.8 Å². The summed E-state index contributed by atoms with van der Waals surface area (Å²) in [5.74, 6) is -1.95. The van der Waals surface area contributed by atoms with E-state index >= 15 is 0 Å². The molecule has 9 nitrogen and oxygen atoms in total. The standard InChI is InChI=1S/C19H14ClF2N3O6/c20-13-7-10(5-6-14(13)31-19(21)22)23-15(26)9-30-16(27)8-25-18(29)12-4-2-1-3-11(12)17(28)24-25/h1-7,19H,8-9H2,(H,23,26)(H,24,28). The molecule has 0 radical (unpaired) electrons. The summed E-state index contributed by atoms with van der Waals surface area (Å²) in [5, 5.41) is 4.78. The number of esters is 1. The average molecular weight is 454 g/mol. The largest absolute Gasteiger partial charge is 0.454 e. The number of alkyl halides is 2. The number of hydrogen-bond acceptors (Lipinski definition) is 6. The van der Waals surface area contributed by atoms with Gasteiger partial charge in [0.2, 0.25) is 0 Å². The van der Waals surface area contributed by atoms with Crippen molar-refractivity contribution in [3.05, 3.63) is 68.2 Å². The summed E-state index contributed by atoms with van der Waals surface area (Å²) in [4.78, 5) is 48.3. The monoisotopic (exact) mass is 453 g/mol. The van der Waals surface area contributed by atoms with Gasteiger partial charge in [-0.3, -0.25) is 24.3 Å². The minimum absolute atomic E-state index is 0.132. The molecule has 2 aromatic carbocycles. The number of anilines is 1. The Morgan fingerprint density at radius 1 is 1.13 bits per heavy atom. The third-order valence-corrected chi connectivity index (χ3v) is 4.26. The molecule has 0 atom stereocenters. The normalized spacial score (nSPS) is 10.8. The van der Waals surface area contributed by atoms with Crippen LogP contribution in [0.4, 0.5) is 14.5 Å². The van der Waals surface area contributed by atoms with Crippen molar-refractivity contribution < 1.29 is 27.8 Å². The van der Waals surface area contributed by atoms with Crippen LogP contribution in [-0.4, -0.2) is 34.9 Å². The maximum absolute atomic E-state index is 12.4. The Labute approximate surface area is 177 Å². The number of halogens is 3. The summed E-state index contributed by atoms with van der Waals surface area (Å²) < 4.78 is 34.2. The summed E-state index contributed by atoms with van der Waals surface area (Å²) in [6.45, 7) is -4.36. The molecule has 162 valence electrons. The van der Waals surface area contributed by atoms with Crippen LogP contribution in [-0.2, 0) is 20.9 Å². The number of hydrogen-bond donors (Lipinski definition) is 2. The van der Waals surface area contributed by atoms with E-state index in [1.807, 2.05) is 0 Å². The maximum atomic E-state index is 12.4. The smallest absolute Gasteiger partial charge is 0.387 e. The van der Waals surface area contributed by atoms with Crippen LogP contribution in [0.5, 0.6) is 5.75 Å². The number of benzene rings is 2. The van der Waals surface area contributed by atoms with Crippen LogP contribution < -0.4 is 21.2 Å². The number of rotatable bonds is 7. The Morgan fingerprint density at radius 2 is 1.84 bits per heavy atom. The number of aromatic nitrogens is 2. The van der Waals surface area contributed by atoms with Crippen molar-refractivity contribution >= 4 is 39.9 Å². The van der Waals surface area contributed by atoms with E-state index in [-0.39, 0.29) is 27.2 Å². The Balaban J connectivity index is 1.59. The van der Waals surface area contributed by atoms with Gasteiger partial charge >= 0.3 is 12.6 Å². The quantitative estimate of drug-likeness (QED) is 0.529. The fourth-order valence-corrected chi connectivity index (χ4v) is 2.87. The minimum atomic E-state index is -3.05. The van der Waals surface area contributed by atoms with Crippen molar-refractivity contribution in [2.24, 2.45) is 0 Å². The molecule has 2 N–H and O–H groups in total. The number of nitrogens with zero attached hydrogens (tertiary/aromatic N) is 1. The molecular formula is C19H14ClF2N3O6. The van der Waals surface area contributed by atoms with E-state index in [2.05, 4.69) is 15.2 Å². The lowest BCUT2D eigenvalue weighted by atomic mass is 10.2. The molecule has 3 aromatic rings. The Hall–Kier alpha value is -3.73. The Morgan fingerprint density at radius 3 is 2.52 bits per heavy atom. The van der Waals surface area contributed by atoms with Gasteiger partial charge in [0, 0.05) is 5.69 Å². The van der Waals surface area contributed by atoms with Crippen molar-refractivity contribution in [1.29, 1.82) is 0 Å². The summed E-state index contributed by atoms with van der Waals surface area (Å²) >= 11 is 5.79. The molecule has 0 aliphatic heterocycles. The summed E-state index contributed by atoms with van der Waals surface area (Å²) in [6.07, 6.45) is 0. The van der Waals surface area contributed by atoms with Gasteiger partial charge in [-0.15, -0.1) is 0 Å². The summed E-state index contributed by atoms with van der Waals surface area (Å²) in [6, 6.07) is 9.68. The average Bonchev–Trinajstić information content (AvgIpc) is 2.72. The van der Waals surface area contributed by atoms with E-state index in [0.29, 0.717) is 0 Å². The van der Waals surface area contributed by atoms with Gasteiger partial charge in [-0.1, -0.05) is 23.7 Å². The summed E-state index contributed by atoms with van der Waals surface area (Å²) in [5.41, 5.74) is -1.00. The highest BCUT2D eigenvalue weighted by atomic mass is 35.5. The van der Waals surface area contributed by atoms with Gasteiger partial charge in [-0.25, -0.2) is 4.68 Å². The van der Waals surface area contributed by atoms with Crippen LogP contribution >= 0.6 is 11.6 Å². The van der Waals surface area contributed by atoms with Crippen LogP contribution in [0.15, 0.2) is 52.1 Å². The van der Waals surface area contributed by atoms with E-state index in [1.165, 1.54) is 24.3 Å². The van der Waals surface area contributed by atoms with E-state index in [1.54, 1.807) is 12.1 Å². The van der Waals surface area contributed by atoms with Crippen molar-refractivity contribution in [2.75, 3.05) is 11.9 Å². The first-order valence-corrected chi connectivity index (χ1v) is 9.04. The zero-order valence-corrected chi connectivity index (χ0v) is 16.3. The second-order valence-electron chi connectivity index (χ2n) is 6.11. The summed E-state index contributed by atoms with van der Waals surface area (Å²) in [7, 11) is 0. The highest BCUT2D eigenvalue weighted by Crippen LogP contribution is 2.28. The predicted molar refractivity (Wildman–Crippen MR) is 107 cm³/mol. The molecule has 0 aliphatic rings. The maximum Gasteiger partial charge on any atom is 0.387 e. The molecule has 1 aromatic heterocycles. The SMILES string of the molecule is O=C(COC(=O)Cn1[nH]c(=O)c2ccccc2c1=O)Nc1ccc(OC(F)F)c(Cl)c1. The van der Waals surface area contributed by atoms with Gasteiger partial charge in [0.25, 0.3) is 17.0 Å². The number of carbonyl (C=O) groups is 2. The van der Waals surface area contributed by atoms with E-state index in [9.17, 15) is 28.0 Å². The van der Waals surface area contributed by atoms with E-state index < -0.39 is 42.8 Å². The van der Waals surface area contributed by atoms with Gasteiger partial charge in [0.05, 0.1) is 15.8 Å². The molecule has 0 unspecified atom stereocenters. The van der Waals surface area contributed by atoms with E-state index in [4.69, 9.17) is 16.3 Å². The topological polar surface area (TPSA) is 119 Å². The highest BCUT2D eigenvalue weighted by Gasteiger charge is 2.14. The fourth-order valence-electron chi connectivity index (χ4n) is 2.65. The zero-order valence-electron chi connectivity index (χ0n) is 15.6. The molecule has 0 saturated carbocycles. The first-order chi connectivity index (χ1) is 14.7. The minimum Gasteiger partial charge on any atom is -0.454 e. The molecule has 0 fully saturated rings. The molecule has 31 heavy (non-hydrogen) atoms. The van der Waals surface area contributed by atoms with Crippen molar-refractivity contribution in [3.63, 3.8) is 0 Å². The molecule has 1 heterocycles. The van der Waals surface area contributed by atoms with Gasteiger partial charge in [-0.2, -0.15) is 8.78 Å². The predicted octanol–water partition coefficient (Wildman–Crippen LogP) is 2.13. The molecule has 1 amide bonds. The molecule has 3 rings (SSSR count). The van der Waals surface area contributed by atoms with Crippen LogP contribution in [0, 0.1) is 0 Å². The highest BCUT2D eigenvalue weighted by molar-refractivity contribution is 6.32. The lowest BCUT2D eigenvalue weighted by molar-refractivity contribution is -0.148. The van der Waals surface area contributed by atoms with E-state index in [0.717, 1.165) is 10.7 Å². The first kappa shape index (κ1) is 22.0. The first-order valence-electron chi connectivity index (χ1n) is 8.66. The van der Waals surface area contributed by atoms with Crippen LogP contribution in [0.25, 0.3) is 10.8 Å². The Kier molecular flexibility index (Phi) is 6.65. The van der Waals surface area contributed by atoms with Gasteiger partial charge in [0.15, 0.2) is 6.61 Å². The lowest BCUT2D eigenvalue weighted by Gasteiger charge is -2.10. The van der Waals surface area contributed by atoms with Crippen LogP contribution in [0.3, 0.4) is 0 Å². The van der Waals surface area contributed by atoms with Gasteiger partial charge in [-0.05, 0) is 30.3 Å².